The number of aromatic nitrogens is 3. The van der Waals surface area contributed by atoms with Gasteiger partial charge in [-0.25, -0.2) is 4.98 Å². The molecule has 0 aliphatic heterocycles. The molecule has 8 aromatic carbocycles. The predicted octanol–water partition coefficient (Wildman–Crippen LogP) is 13.5. The van der Waals surface area contributed by atoms with Crippen molar-refractivity contribution in [3.63, 3.8) is 0 Å². The van der Waals surface area contributed by atoms with Crippen molar-refractivity contribution in [2.24, 2.45) is 0 Å². The lowest BCUT2D eigenvalue weighted by molar-refractivity contribution is 1.07. The van der Waals surface area contributed by atoms with Crippen LogP contribution in [0.1, 0.15) is 0 Å². The van der Waals surface area contributed by atoms with Gasteiger partial charge in [0.15, 0.2) is 11.6 Å². The first-order valence-corrected chi connectivity index (χ1v) is 18.4. The zero-order valence-electron chi connectivity index (χ0n) is 27.8. The van der Waals surface area contributed by atoms with Crippen LogP contribution in [0.4, 0.5) is 0 Å². The van der Waals surface area contributed by atoms with Crippen LogP contribution < -0.4 is 0 Å². The maximum Gasteiger partial charge on any atom is 0.226 e. The van der Waals surface area contributed by atoms with Gasteiger partial charge >= 0.3 is 0 Å². The highest BCUT2D eigenvalue weighted by Gasteiger charge is 2.17. The lowest BCUT2D eigenvalue weighted by Gasteiger charge is -2.12. The van der Waals surface area contributed by atoms with Crippen LogP contribution in [0.3, 0.4) is 0 Å². The van der Waals surface area contributed by atoms with Crippen LogP contribution in [0.2, 0.25) is 5.28 Å². The van der Waals surface area contributed by atoms with E-state index in [1.807, 2.05) is 23.5 Å². The molecule has 3 nitrogen and oxygen atoms in total. The Labute approximate surface area is 309 Å². The Morgan fingerprint density at radius 1 is 0.365 bits per heavy atom. The van der Waals surface area contributed by atoms with E-state index in [1.54, 1.807) is 0 Å². The van der Waals surface area contributed by atoms with Gasteiger partial charge in [0.05, 0.1) is 0 Å². The van der Waals surface area contributed by atoms with Crippen LogP contribution in [0.15, 0.2) is 170 Å². The summed E-state index contributed by atoms with van der Waals surface area (Å²) in [6, 6.07) is 60.1. The molecule has 0 saturated heterocycles. The minimum Gasteiger partial charge on any atom is -0.208 e. The Morgan fingerprint density at radius 3 is 1.81 bits per heavy atom. The van der Waals surface area contributed by atoms with Crippen molar-refractivity contribution in [3.8, 4) is 56.2 Å². The second-order valence-corrected chi connectivity index (χ2v) is 14.4. The first-order valence-electron chi connectivity index (χ1n) is 17.2. The van der Waals surface area contributed by atoms with Crippen molar-refractivity contribution >= 4 is 64.7 Å². The van der Waals surface area contributed by atoms with E-state index in [1.165, 1.54) is 52.8 Å². The van der Waals surface area contributed by atoms with Gasteiger partial charge in [-0.1, -0.05) is 140 Å². The quantitative estimate of drug-likeness (QED) is 0.179. The molecule has 0 N–H and O–H groups in total. The third kappa shape index (κ3) is 5.32. The van der Waals surface area contributed by atoms with Crippen molar-refractivity contribution in [2.75, 3.05) is 0 Å². The summed E-state index contributed by atoms with van der Waals surface area (Å²) in [4.78, 5) is 14.3. The van der Waals surface area contributed by atoms with Gasteiger partial charge in [0.2, 0.25) is 5.28 Å². The Hall–Kier alpha value is -6.20. The normalized spacial score (nSPS) is 11.6. The number of hydrogen-bond donors (Lipinski definition) is 0. The maximum absolute atomic E-state index is 6.68. The van der Waals surface area contributed by atoms with E-state index >= 15 is 0 Å². The first-order chi connectivity index (χ1) is 25.7. The summed E-state index contributed by atoms with van der Waals surface area (Å²) >= 11 is 8.49. The Morgan fingerprint density at radius 2 is 0.962 bits per heavy atom. The van der Waals surface area contributed by atoms with Gasteiger partial charge in [0.1, 0.15) is 0 Å². The van der Waals surface area contributed by atoms with E-state index in [0.29, 0.717) is 11.6 Å². The highest BCUT2D eigenvalue weighted by molar-refractivity contribution is 7.26. The Balaban J connectivity index is 1.09. The van der Waals surface area contributed by atoms with Gasteiger partial charge in [0, 0.05) is 36.9 Å². The molecule has 0 bridgehead atoms. The third-order valence-electron chi connectivity index (χ3n) is 9.85. The largest absolute Gasteiger partial charge is 0.226 e. The zero-order chi connectivity index (χ0) is 34.6. The summed E-state index contributed by atoms with van der Waals surface area (Å²) in [7, 11) is 0. The van der Waals surface area contributed by atoms with E-state index in [0.717, 1.165) is 33.4 Å². The Kier molecular flexibility index (Phi) is 7.38. The van der Waals surface area contributed by atoms with E-state index in [2.05, 4.69) is 168 Å². The molecule has 0 aliphatic carbocycles. The molecule has 2 aromatic heterocycles. The number of halogens is 1. The van der Waals surface area contributed by atoms with Crippen LogP contribution in [-0.4, -0.2) is 15.0 Å². The third-order valence-corrected chi connectivity index (χ3v) is 11.2. The molecule has 0 fully saturated rings. The lowest BCUT2D eigenvalue weighted by Crippen LogP contribution is -1.98. The molecule has 0 saturated carbocycles. The van der Waals surface area contributed by atoms with Crippen molar-refractivity contribution < 1.29 is 0 Å². The summed E-state index contributed by atoms with van der Waals surface area (Å²) in [5.74, 6) is 1.07. The SMILES string of the molecule is Clc1nc(-c2cccc(-c3ccc4cccc(-c5cccc6ccccc56)c4c3)c2)nc(-c2cc(-c3ccccc3)c3sc4ccccc4c3c2)n1. The Bertz CT molecular complexity index is 2980. The van der Waals surface area contributed by atoms with Gasteiger partial charge in [-0.2, -0.15) is 9.97 Å². The monoisotopic (exact) mass is 701 g/mol. The average Bonchev–Trinajstić information content (AvgIpc) is 3.59. The molecule has 52 heavy (non-hydrogen) atoms. The van der Waals surface area contributed by atoms with Crippen molar-refractivity contribution in [2.45, 2.75) is 0 Å². The fourth-order valence-electron chi connectivity index (χ4n) is 7.38. The number of hydrogen-bond acceptors (Lipinski definition) is 4. The van der Waals surface area contributed by atoms with E-state index in [-0.39, 0.29) is 5.28 Å². The van der Waals surface area contributed by atoms with E-state index in [4.69, 9.17) is 16.6 Å². The van der Waals surface area contributed by atoms with Gasteiger partial charge < -0.3 is 0 Å². The molecule has 0 amide bonds. The summed E-state index contributed by atoms with van der Waals surface area (Å²) in [6.45, 7) is 0. The number of fused-ring (bicyclic) bond motifs is 5. The first kappa shape index (κ1) is 30.6. The predicted molar refractivity (Wildman–Crippen MR) is 220 cm³/mol. The van der Waals surface area contributed by atoms with Crippen LogP contribution in [0.5, 0.6) is 0 Å². The smallest absolute Gasteiger partial charge is 0.208 e. The van der Waals surface area contributed by atoms with Gasteiger partial charge in [-0.05, 0) is 91.3 Å². The highest BCUT2D eigenvalue weighted by Crippen LogP contribution is 2.43. The molecule has 2 heterocycles. The molecule has 0 radical (unpaired) electrons. The lowest BCUT2D eigenvalue weighted by atomic mass is 9.92. The molecule has 5 heteroatoms. The summed E-state index contributed by atoms with van der Waals surface area (Å²) in [6.07, 6.45) is 0. The maximum atomic E-state index is 6.68. The number of thiophene rings is 1. The van der Waals surface area contributed by atoms with Crippen molar-refractivity contribution in [1.29, 1.82) is 0 Å². The topological polar surface area (TPSA) is 38.7 Å². The number of rotatable bonds is 5. The zero-order valence-corrected chi connectivity index (χ0v) is 29.4. The van der Waals surface area contributed by atoms with Crippen LogP contribution >= 0.6 is 22.9 Å². The minimum absolute atomic E-state index is 0.160. The van der Waals surface area contributed by atoms with E-state index < -0.39 is 0 Å². The molecule has 244 valence electrons. The molecule has 10 rings (SSSR count). The van der Waals surface area contributed by atoms with Gasteiger partial charge in [-0.15, -0.1) is 11.3 Å². The van der Waals surface area contributed by atoms with Crippen LogP contribution in [0, 0.1) is 0 Å². The fraction of sp³-hybridized carbons (Fsp3) is 0. The molecule has 0 atom stereocenters. The van der Waals surface area contributed by atoms with E-state index in [9.17, 15) is 0 Å². The number of benzene rings is 8. The van der Waals surface area contributed by atoms with Crippen molar-refractivity contribution in [3.05, 3.63) is 175 Å². The molecular weight excluding hydrogens is 674 g/mol. The summed E-state index contributed by atoms with van der Waals surface area (Å²) < 4.78 is 2.49. The molecule has 10 aromatic rings. The average molecular weight is 702 g/mol. The minimum atomic E-state index is 0.160. The van der Waals surface area contributed by atoms with Crippen LogP contribution in [0.25, 0.3) is 97.9 Å². The van der Waals surface area contributed by atoms with Gasteiger partial charge in [-0.3, -0.25) is 0 Å². The van der Waals surface area contributed by atoms with Crippen molar-refractivity contribution in [1.82, 2.24) is 15.0 Å². The summed E-state index contributed by atoms with van der Waals surface area (Å²) in [5, 5.41) is 7.44. The number of nitrogens with zero attached hydrogens (tertiary/aromatic N) is 3. The highest BCUT2D eigenvalue weighted by atomic mass is 35.5. The van der Waals surface area contributed by atoms with Gasteiger partial charge in [0.25, 0.3) is 0 Å². The second kappa shape index (κ2) is 12.5. The standard InChI is InChI=1S/C47H28ClN3S/c48-47-50-45(49-46(51-47)35-27-41(30-11-2-1-3-12-30)44-42(28-35)39-19-6-7-22-43(39)52-44)34-17-8-16-32(25-34)33-24-23-31-15-10-21-38(40(31)26-33)37-20-9-14-29-13-4-5-18-36(29)37/h1-28H. The van der Waals surface area contributed by atoms with Crippen LogP contribution in [-0.2, 0) is 0 Å². The molecule has 0 unspecified atom stereocenters. The fourth-order valence-corrected chi connectivity index (χ4v) is 8.76. The second-order valence-electron chi connectivity index (χ2n) is 13.0. The molecular formula is C47H28ClN3S. The molecule has 0 spiro atoms. The molecule has 0 aliphatic rings. The summed E-state index contributed by atoms with van der Waals surface area (Å²) in [5.41, 5.74) is 8.69.